The zero-order valence-electron chi connectivity index (χ0n) is 11.3. The zero-order chi connectivity index (χ0) is 14.7. The van der Waals surface area contributed by atoms with Crippen molar-refractivity contribution in [2.24, 2.45) is 5.92 Å². The molecule has 0 aliphatic heterocycles. The van der Waals surface area contributed by atoms with Crippen molar-refractivity contribution in [2.45, 2.75) is 24.9 Å². The number of benzene rings is 1. The first-order chi connectivity index (χ1) is 9.49. The van der Waals surface area contributed by atoms with Crippen LogP contribution in [0.5, 0.6) is 0 Å². The summed E-state index contributed by atoms with van der Waals surface area (Å²) in [5.74, 6) is -0.161. The second-order valence-corrected chi connectivity index (χ2v) is 6.43. The van der Waals surface area contributed by atoms with E-state index in [-0.39, 0.29) is 5.92 Å². The topological polar surface area (TPSA) is 50.2 Å². The third kappa shape index (κ3) is 3.44. The Bertz CT molecular complexity index is 630. The van der Waals surface area contributed by atoms with E-state index in [9.17, 15) is 9.90 Å². The lowest BCUT2D eigenvalue weighted by Gasteiger charge is -2.16. The number of hydrogen-bond donors (Lipinski definition) is 1. The summed E-state index contributed by atoms with van der Waals surface area (Å²) in [6, 6.07) is 9.73. The Balaban J connectivity index is 2.21. The number of pyridine rings is 1. The van der Waals surface area contributed by atoms with Crippen LogP contribution < -0.4 is 0 Å². The number of rotatable bonds is 5. The highest BCUT2D eigenvalue weighted by molar-refractivity contribution is 7.99. The van der Waals surface area contributed by atoms with Gasteiger partial charge >= 0.3 is 5.97 Å². The monoisotopic (exact) mass is 309 g/mol. The number of thioether (sulfide) groups is 1. The molecule has 3 nitrogen and oxygen atoms in total. The molecular weight excluding hydrogens is 294 g/mol. The van der Waals surface area contributed by atoms with Gasteiger partial charge < -0.3 is 5.11 Å². The fourth-order valence-electron chi connectivity index (χ4n) is 1.97. The van der Waals surface area contributed by atoms with E-state index in [0.717, 1.165) is 16.5 Å². The molecule has 0 saturated heterocycles. The summed E-state index contributed by atoms with van der Waals surface area (Å²) in [5.41, 5.74) is 1.73. The van der Waals surface area contributed by atoms with E-state index in [1.165, 1.54) is 11.8 Å². The van der Waals surface area contributed by atoms with Crippen LogP contribution in [0, 0.1) is 5.92 Å². The Kier molecular flexibility index (Phi) is 4.89. The quantitative estimate of drug-likeness (QED) is 0.840. The molecule has 1 N–H and O–H groups in total. The van der Waals surface area contributed by atoms with Crippen molar-refractivity contribution in [1.82, 2.24) is 4.98 Å². The molecule has 2 rings (SSSR count). The fraction of sp³-hybridized carbons (Fsp3) is 0.333. The van der Waals surface area contributed by atoms with Gasteiger partial charge in [-0.2, -0.15) is 0 Å². The van der Waals surface area contributed by atoms with Gasteiger partial charge in [0.25, 0.3) is 0 Å². The molecule has 0 spiro atoms. The summed E-state index contributed by atoms with van der Waals surface area (Å²) >= 11 is 7.56. The van der Waals surface area contributed by atoms with Gasteiger partial charge in [-0.3, -0.25) is 4.79 Å². The highest BCUT2D eigenvalue weighted by Gasteiger charge is 2.22. The van der Waals surface area contributed by atoms with Crippen LogP contribution in [0.25, 0.3) is 10.9 Å². The summed E-state index contributed by atoms with van der Waals surface area (Å²) in [7, 11) is 0. The van der Waals surface area contributed by atoms with Crippen molar-refractivity contribution in [1.29, 1.82) is 0 Å². The molecule has 1 heterocycles. The first-order valence-electron chi connectivity index (χ1n) is 6.37. The van der Waals surface area contributed by atoms with Gasteiger partial charge in [-0.1, -0.05) is 43.6 Å². The molecule has 2 aromatic rings. The maximum absolute atomic E-state index is 11.2. The highest BCUT2D eigenvalue weighted by atomic mass is 35.5. The van der Waals surface area contributed by atoms with E-state index in [4.69, 9.17) is 11.6 Å². The van der Waals surface area contributed by atoms with Crippen molar-refractivity contribution in [3.05, 3.63) is 41.0 Å². The van der Waals surface area contributed by atoms with Crippen LogP contribution in [0.3, 0.4) is 0 Å². The average molecular weight is 310 g/mol. The first-order valence-corrected chi connectivity index (χ1v) is 7.80. The molecule has 5 heteroatoms. The van der Waals surface area contributed by atoms with Gasteiger partial charge in [0, 0.05) is 16.7 Å². The molecule has 0 aliphatic carbocycles. The largest absolute Gasteiger partial charge is 0.480 e. The molecule has 0 amide bonds. The van der Waals surface area contributed by atoms with Gasteiger partial charge in [-0.25, -0.2) is 4.98 Å². The molecule has 0 radical (unpaired) electrons. The summed E-state index contributed by atoms with van der Waals surface area (Å²) in [6.45, 7) is 3.82. The number of nitrogens with zero attached hydrogens (tertiary/aromatic N) is 1. The van der Waals surface area contributed by atoms with Crippen molar-refractivity contribution < 1.29 is 9.90 Å². The Morgan fingerprint density at radius 3 is 2.75 bits per heavy atom. The third-order valence-electron chi connectivity index (χ3n) is 3.02. The van der Waals surface area contributed by atoms with E-state index < -0.39 is 11.2 Å². The molecule has 1 atom stereocenters. The van der Waals surface area contributed by atoms with Crippen LogP contribution in [-0.2, 0) is 10.5 Å². The van der Waals surface area contributed by atoms with Gasteiger partial charge in [0.2, 0.25) is 0 Å². The Morgan fingerprint density at radius 2 is 2.10 bits per heavy atom. The summed E-state index contributed by atoms with van der Waals surface area (Å²) in [6.07, 6.45) is 0. The molecule has 106 valence electrons. The lowest BCUT2D eigenvalue weighted by molar-refractivity contribution is -0.137. The van der Waals surface area contributed by atoms with Crippen LogP contribution in [0.1, 0.15) is 19.4 Å². The van der Waals surface area contributed by atoms with Crippen molar-refractivity contribution in [2.75, 3.05) is 0 Å². The molecular formula is C15H16ClNO2S. The van der Waals surface area contributed by atoms with E-state index in [2.05, 4.69) is 4.98 Å². The predicted molar refractivity (Wildman–Crippen MR) is 84.3 cm³/mol. The van der Waals surface area contributed by atoms with Crippen LogP contribution in [-0.4, -0.2) is 21.3 Å². The number of fused-ring (bicyclic) bond motifs is 1. The lowest BCUT2D eigenvalue weighted by atomic mass is 10.1. The van der Waals surface area contributed by atoms with E-state index in [1.807, 2.05) is 44.2 Å². The SMILES string of the molecule is CC(C)C(SCc1cc2ccccc2nc1Cl)C(=O)O. The molecule has 20 heavy (non-hydrogen) atoms. The third-order valence-corrected chi connectivity index (χ3v) is 4.93. The molecule has 1 aromatic carbocycles. The predicted octanol–water partition coefficient (Wildman–Crippen LogP) is 4.23. The number of carboxylic acid groups (broad SMARTS) is 1. The minimum atomic E-state index is -0.783. The summed E-state index contributed by atoms with van der Waals surface area (Å²) in [5, 5.41) is 10.2. The second-order valence-electron chi connectivity index (χ2n) is 4.94. The molecule has 0 fully saturated rings. The summed E-state index contributed by atoms with van der Waals surface area (Å²) < 4.78 is 0. The van der Waals surface area contributed by atoms with Gasteiger partial charge in [0.15, 0.2) is 0 Å². The smallest absolute Gasteiger partial charge is 0.316 e. The maximum atomic E-state index is 11.2. The minimum absolute atomic E-state index is 0.0738. The van der Waals surface area contributed by atoms with Gasteiger partial charge in [0.1, 0.15) is 10.4 Å². The van der Waals surface area contributed by atoms with Gasteiger partial charge in [0.05, 0.1) is 5.52 Å². The van der Waals surface area contributed by atoms with Crippen molar-refractivity contribution >= 4 is 40.2 Å². The summed E-state index contributed by atoms with van der Waals surface area (Å²) in [4.78, 5) is 15.5. The molecule has 1 unspecified atom stereocenters. The van der Waals surface area contributed by atoms with Gasteiger partial charge in [-0.15, -0.1) is 11.8 Å². The fourth-order valence-corrected chi connectivity index (χ4v) is 3.36. The molecule has 0 bridgehead atoms. The van der Waals surface area contributed by atoms with E-state index in [0.29, 0.717) is 10.9 Å². The number of carboxylic acids is 1. The van der Waals surface area contributed by atoms with Crippen LogP contribution in [0.2, 0.25) is 5.15 Å². The van der Waals surface area contributed by atoms with Crippen LogP contribution >= 0.6 is 23.4 Å². The standard InChI is InChI=1S/C15H16ClNO2S/c1-9(2)13(15(18)19)20-8-11-7-10-5-3-4-6-12(10)17-14(11)16/h3-7,9,13H,8H2,1-2H3,(H,18,19). The minimum Gasteiger partial charge on any atom is -0.480 e. The Hall–Kier alpha value is -1.26. The first kappa shape index (κ1) is 15.1. The highest BCUT2D eigenvalue weighted by Crippen LogP contribution is 2.28. The number of aliphatic carboxylic acids is 1. The second kappa shape index (κ2) is 6.46. The number of carbonyl (C=O) groups is 1. The average Bonchev–Trinajstić information content (AvgIpc) is 2.38. The van der Waals surface area contributed by atoms with Crippen LogP contribution in [0.4, 0.5) is 0 Å². The number of hydrogen-bond acceptors (Lipinski definition) is 3. The molecule has 1 aromatic heterocycles. The van der Waals surface area contributed by atoms with Gasteiger partial charge in [-0.05, 0) is 18.1 Å². The normalized spacial score (nSPS) is 12.8. The zero-order valence-corrected chi connectivity index (χ0v) is 12.9. The van der Waals surface area contributed by atoms with Crippen LogP contribution in [0.15, 0.2) is 30.3 Å². The van der Waals surface area contributed by atoms with Crippen molar-refractivity contribution in [3.63, 3.8) is 0 Å². The number of aromatic nitrogens is 1. The molecule has 0 aliphatic rings. The van der Waals surface area contributed by atoms with E-state index >= 15 is 0 Å². The Morgan fingerprint density at radius 1 is 1.40 bits per heavy atom. The maximum Gasteiger partial charge on any atom is 0.316 e. The van der Waals surface area contributed by atoms with Crippen molar-refractivity contribution in [3.8, 4) is 0 Å². The Labute approximate surface area is 127 Å². The lowest BCUT2D eigenvalue weighted by Crippen LogP contribution is -2.22. The number of halogens is 1. The molecule has 0 saturated carbocycles. The van der Waals surface area contributed by atoms with E-state index in [1.54, 1.807) is 0 Å². The number of para-hydroxylation sites is 1.